The predicted octanol–water partition coefficient (Wildman–Crippen LogP) is 2.22. The topological polar surface area (TPSA) is 80.3 Å². The van der Waals surface area contributed by atoms with Crippen molar-refractivity contribution in [3.8, 4) is 0 Å². The molecular weight excluding hydrogens is 319 g/mol. The molecule has 0 radical (unpaired) electrons. The molecule has 0 heterocycles. The molecule has 0 aliphatic rings. The number of halogens is 3. The van der Waals surface area contributed by atoms with Crippen LogP contribution in [0.15, 0.2) is 0 Å². The Labute approximate surface area is 118 Å². The van der Waals surface area contributed by atoms with E-state index < -0.39 is 31.3 Å². The molecule has 0 bridgehead atoms. The zero-order valence-electron chi connectivity index (χ0n) is 11.6. The average Bonchev–Trinajstić information content (AvgIpc) is 2.20. The van der Waals surface area contributed by atoms with Crippen molar-refractivity contribution < 1.29 is 30.0 Å². The minimum atomic E-state index is -5.87. The largest absolute Gasteiger partial charge is 0.512 e. The fourth-order valence-electron chi connectivity index (χ4n) is 1.80. The van der Waals surface area contributed by atoms with Gasteiger partial charge in [-0.25, -0.2) is 16.8 Å². The summed E-state index contributed by atoms with van der Waals surface area (Å²) in [6.45, 7) is 5.87. The Morgan fingerprint density at radius 3 is 1.95 bits per heavy atom. The van der Waals surface area contributed by atoms with Gasteiger partial charge >= 0.3 is 15.5 Å². The minimum Gasteiger partial charge on any atom is -0.211 e. The minimum absolute atomic E-state index is 0.111. The van der Waals surface area contributed by atoms with Gasteiger partial charge in [0.2, 0.25) is 10.0 Å². The van der Waals surface area contributed by atoms with E-state index in [1.54, 1.807) is 0 Å². The summed E-state index contributed by atoms with van der Waals surface area (Å²) in [5, 5.41) is 0. The van der Waals surface area contributed by atoms with Crippen molar-refractivity contribution in [3.05, 3.63) is 0 Å². The summed E-state index contributed by atoms with van der Waals surface area (Å²) in [7, 11) is -10.4. The van der Waals surface area contributed by atoms with E-state index in [0.717, 1.165) is 6.42 Å². The second kappa shape index (κ2) is 7.08. The van der Waals surface area contributed by atoms with Gasteiger partial charge in [-0.1, -0.05) is 27.2 Å². The Morgan fingerprint density at radius 1 is 1.10 bits per heavy atom. The maximum absolute atomic E-state index is 12.1. The zero-order valence-corrected chi connectivity index (χ0v) is 13.2. The van der Waals surface area contributed by atoms with Crippen LogP contribution in [0, 0.1) is 11.8 Å². The van der Waals surface area contributed by atoms with Crippen LogP contribution in [-0.2, 0) is 20.0 Å². The SMILES string of the molecule is CCC(CCCS(=O)(=O)NS(=O)(=O)C(F)(F)F)C(C)C. The van der Waals surface area contributed by atoms with Crippen LogP contribution in [-0.4, -0.2) is 28.1 Å². The summed E-state index contributed by atoms with van der Waals surface area (Å²) >= 11 is 0. The number of rotatable bonds is 8. The Morgan fingerprint density at radius 2 is 1.60 bits per heavy atom. The van der Waals surface area contributed by atoms with Gasteiger partial charge in [0.25, 0.3) is 0 Å². The molecule has 0 aliphatic carbocycles. The Hall–Kier alpha value is -0.350. The normalized spacial score (nSPS) is 15.6. The molecule has 10 heteroatoms. The standard InChI is InChI=1S/C10H20F3NO4S2/c1-4-9(8(2)3)6-5-7-19(15,16)14-20(17,18)10(11,12)13/h8-9,14H,4-7H2,1-3H3. The van der Waals surface area contributed by atoms with Crippen molar-refractivity contribution in [1.82, 2.24) is 4.13 Å². The predicted molar refractivity (Wildman–Crippen MR) is 69.8 cm³/mol. The molecule has 0 spiro atoms. The third-order valence-electron chi connectivity index (χ3n) is 3.00. The van der Waals surface area contributed by atoms with Crippen LogP contribution in [0.2, 0.25) is 0 Å². The first-order valence-corrected chi connectivity index (χ1v) is 9.28. The van der Waals surface area contributed by atoms with E-state index in [0.29, 0.717) is 16.5 Å². The first-order valence-electron chi connectivity index (χ1n) is 6.15. The highest BCUT2D eigenvalue weighted by Gasteiger charge is 2.48. The highest BCUT2D eigenvalue weighted by molar-refractivity contribution is 8.05. The van der Waals surface area contributed by atoms with E-state index in [1.165, 1.54) is 0 Å². The van der Waals surface area contributed by atoms with E-state index in [4.69, 9.17) is 0 Å². The summed E-state index contributed by atoms with van der Waals surface area (Å²) in [5.41, 5.74) is -5.63. The van der Waals surface area contributed by atoms with Crippen molar-refractivity contribution in [2.45, 2.75) is 45.5 Å². The molecule has 5 nitrogen and oxygen atoms in total. The van der Waals surface area contributed by atoms with Crippen LogP contribution < -0.4 is 4.13 Å². The molecule has 1 N–H and O–H groups in total. The lowest BCUT2D eigenvalue weighted by molar-refractivity contribution is -0.0441. The van der Waals surface area contributed by atoms with Gasteiger partial charge in [0.05, 0.1) is 5.75 Å². The lowest BCUT2D eigenvalue weighted by atomic mass is 9.89. The quantitative estimate of drug-likeness (QED) is 0.735. The van der Waals surface area contributed by atoms with Gasteiger partial charge in [-0.3, -0.25) is 0 Å². The molecular formula is C10H20F3NO4S2. The van der Waals surface area contributed by atoms with Crippen molar-refractivity contribution in [3.63, 3.8) is 0 Å². The number of hydrogen-bond acceptors (Lipinski definition) is 4. The number of hydrogen-bond donors (Lipinski definition) is 1. The maximum atomic E-state index is 12.1. The third kappa shape index (κ3) is 6.40. The van der Waals surface area contributed by atoms with Crippen LogP contribution in [0.3, 0.4) is 0 Å². The van der Waals surface area contributed by atoms with Gasteiger partial charge in [-0.15, -0.1) is 4.13 Å². The number of sulfonamides is 2. The fraction of sp³-hybridized carbons (Fsp3) is 1.00. The molecule has 20 heavy (non-hydrogen) atoms. The third-order valence-corrected chi connectivity index (χ3v) is 6.33. The van der Waals surface area contributed by atoms with E-state index in [1.807, 2.05) is 20.8 Å². The van der Waals surface area contributed by atoms with Gasteiger partial charge in [0.1, 0.15) is 0 Å². The first-order chi connectivity index (χ1) is 8.82. The van der Waals surface area contributed by atoms with Gasteiger partial charge in [0, 0.05) is 0 Å². The fourth-order valence-corrected chi connectivity index (χ4v) is 4.40. The molecule has 0 aromatic carbocycles. The van der Waals surface area contributed by atoms with Crippen LogP contribution in [0.1, 0.15) is 40.0 Å². The van der Waals surface area contributed by atoms with E-state index in [9.17, 15) is 30.0 Å². The van der Waals surface area contributed by atoms with E-state index >= 15 is 0 Å². The van der Waals surface area contributed by atoms with Crippen LogP contribution >= 0.6 is 0 Å². The molecule has 0 aliphatic heterocycles. The van der Waals surface area contributed by atoms with Gasteiger partial charge < -0.3 is 0 Å². The Balaban J connectivity index is 4.57. The molecule has 0 aromatic rings. The second-order valence-corrected chi connectivity index (χ2v) is 8.68. The average molecular weight is 339 g/mol. The van der Waals surface area contributed by atoms with Crippen LogP contribution in [0.4, 0.5) is 13.2 Å². The lowest BCUT2D eigenvalue weighted by Gasteiger charge is -2.18. The summed E-state index contributed by atoms with van der Waals surface area (Å²) in [5.74, 6) is -0.0649. The highest BCUT2D eigenvalue weighted by Crippen LogP contribution is 2.23. The van der Waals surface area contributed by atoms with Gasteiger partial charge in [0.15, 0.2) is 0 Å². The molecule has 0 amide bonds. The molecule has 0 rings (SSSR count). The molecule has 122 valence electrons. The van der Waals surface area contributed by atoms with Crippen molar-refractivity contribution in [1.29, 1.82) is 0 Å². The van der Waals surface area contributed by atoms with E-state index in [2.05, 4.69) is 0 Å². The van der Waals surface area contributed by atoms with Crippen molar-refractivity contribution in [2.24, 2.45) is 11.8 Å². The van der Waals surface area contributed by atoms with Crippen LogP contribution in [0.5, 0.6) is 0 Å². The summed E-state index contributed by atoms with van der Waals surface area (Å²) in [6, 6.07) is 0. The molecule has 0 saturated carbocycles. The molecule has 1 atom stereocenters. The summed E-state index contributed by atoms with van der Waals surface area (Å²) in [6.07, 6.45) is 1.45. The van der Waals surface area contributed by atoms with Crippen molar-refractivity contribution >= 4 is 20.0 Å². The number of nitrogens with one attached hydrogen (secondary N) is 1. The first kappa shape index (κ1) is 19.7. The molecule has 1 unspecified atom stereocenters. The second-order valence-electron chi connectivity index (χ2n) is 4.91. The molecule has 0 saturated heterocycles. The monoisotopic (exact) mass is 339 g/mol. The summed E-state index contributed by atoms with van der Waals surface area (Å²) in [4.78, 5) is 0. The summed E-state index contributed by atoms with van der Waals surface area (Å²) < 4.78 is 81.0. The highest BCUT2D eigenvalue weighted by atomic mass is 32.3. The zero-order chi connectivity index (χ0) is 16.2. The Bertz CT molecular complexity index is 497. The maximum Gasteiger partial charge on any atom is 0.512 e. The Kier molecular flexibility index (Phi) is 6.95. The van der Waals surface area contributed by atoms with E-state index in [-0.39, 0.29) is 12.3 Å². The lowest BCUT2D eigenvalue weighted by Crippen LogP contribution is -2.41. The van der Waals surface area contributed by atoms with Crippen molar-refractivity contribution in [2.75, 3.05) is 5.75 Å². The van der Waals surface area contributed by atoms with Crippen LogP contribution in [0.25, 0.3) is 0 Å². The molecule has 0 aromatic heterocycles. The van der Waals surface area contributed by atoms with Gasteiger partial charge in [-0.05, 0) is 24.7 Å². The molecule has 0 fully saturated rings. The number of alkyl halides is 3. The van der Waals surface area contributed by atoms with Gasteiger partial charge in [-0.2, -0.15) is 13.2 Å². The smallest absolute Gasteiger partial charge is 0.211 e.